The molecular weight excluding hydrogens is 482 g/mol. The first-order chi connectivity index (χ1) is 17.9. The third-order valence-corrected chi connectivity index (χ3v) is 7.16. The first kappa shape index (κ1) is 23.1. The second kappa shape index (κ2) is 9.25. The quantitative estimate of drug-likeness (QED) is 0.236. The second-order valence-electron chi connectivity index (χ2n) is 9.49. The van der Waals surface area contributed by atoms with Crippen LogP contribution in [0.25, 0.3) is 55.2 Å². The van der Waals surface area contributed by atoms with Crippen LogP contribution in [-0.4, -0.2) is 36.0 Å². The minimum absolute atomic E-state index is 0.0166. The molecule has 5 heterocycles. The molecule has 0 spiro atoms. The number of nitrogens with one attached hydrogen (secondary N) is 3. The Morgan fingerprint density at radius 1 is 1.08 bits per heavy atom. The lowest BCUT2D eigenvalue weighted by atomic mass is 10.0. The van der Waals surface area contributed by atoms with E-state index in [1.54, 1.807) is 29.9 Å². The summed E-state index contributed by atoms with van der Waals surface area (Å²) in [5, 5.41) is 11.6. The zero-order valence-electron chi connectivity index (χ0n) is 20.7. The molecule has 0 fully saturated rings. The summed E-state index contributed by atoms with van der Waals surface area (Å²) in [6, 6.07) is 14.2. The van der Waals surface area contributed by atoms with E-state index in [9.17, 15) is 4.79 Å². The second-order valence-corrected chi connectivity index (χ2v) is 10.8. The van der Waals surface area contributed by atoms with Gasteiger partial charge >= 0.3 is 0 Å². The van der Waals surface area contributed by atoms with Crippen molar-refractivity contribution in [3.8, 4) is 33.1 Å². The lowest BCUT2D eigenvalue weighted by Crippen LogP contribution is -2.13. The number of H-pyrrole nitrogens is 2. The van der Waals surface area contributed by atoms with E-state index in [1.165, 1.54) is 4.88 Å². The van der Waals surface area contributed by atoms with Crippen molar-refractivity contribution >= 4 is 45.0 Å². The topological polar surface area (TPSA) is 112 Å². The van der Waals surface area contributed by atoms with E-state index in [2.05, 4.69) is 55.6 Å². The first-order valence-corrected chi connectivity index (χ1v) is 12.9. The number of hydrogen-bond donors (Lipinski definition) is 3. The van der Waals surface area contributed by atoms with Crippen LogP contribution in [0.4, 0.5) is 5.69 Å². The summed E-state index contributed by atoms with van der Waals surface area (Å²) in [6.07, 6.45) is 5.72. The van der Waals surface area contributed by atoms with Gasteiger partial charge in [0.2, 0.25) is 5.91 Å². The highest BCUT2D eigenvalue weighted by atomic mass is 32.1. The maximum atomic E-state index is 12.2. The number of imidazole rings is 1. The number of rotatable bonds is 6. The van der Waals surface area contributed by atoms with E-state index < -0.39 is 0 Å². The standard InChI is InChI=1S/C28H25N7OS/c1-15(2)10-24(36)31-19-11-18(13-29-14-19)17-5-6-22-21(12-17)26(35-34-22)28-32-25-20(8-9-30-27(25)33-28)23-7-4-16(3)37-23/h4-9,11-15H,10H2,1-3H3,(H,31,36)(H,34,35)(H,30,32,33). The molecule has 0 atom stereocenters. The average Bonchev–Trinajstić information content (AvgIpc) is 3.60. The number of aryl methyl sites for hydroxylation is 1. The van der Waals surface area contributed by atoms with Crippen LogP contribution < -0.4 is 5.32 Å². The molecule has 0 aliphatic rings. The number of amides is 1. The lowest BCUT2D eigenvalue weighted by molar-refractivity contribution is -0.116. The third-order valence-electron chi connectivity index (χ3n) is 6.13. The van der Waals surface area contributed by atoms with Gasteiger partial charge in [-0.15, -0.1) is 11.3 Å². The molecule has 0 radical (unpaired) electrons. The van der Waals surface area contributed by atoms with Crippen LogP contribution in [0.2, 0.25) is 0 Å². The molecule has 8 nitrogen and oxygen atoms in total. The first-order valence-electron chi connectivity index (χ1n) is 12.1. The third kappa shape index (κ3) is 4.49. The van der Waals surface area contributed by atoms with Crippen LogP contribution in [0.5, 0.6) is 0 Å². The van der Waals surface area contributed by atoms with Gasteiger partial charge in [0, 0.05) is 45.1 Å². The summed E-state index contributed by atoms with van der Waals surface area (Å²) in [6.45, 7) is 6.14. The van der Waals surface area contributed by atoms with Crippen LogP contribution in [-0.2, 0) is 4.79 Å². The van der Waals surface area contributed by atoms with Gasteiger partial charge in [-0.1, -0.05) is 19.9 Å². The van der Waals surface area contributed by atoms with Gasteiger partial charge in [-0.3, -0.25) is 14.9 Å². The zero-order chi connectivity index (χ0) is 25.5. The van der Waals surface area contributed by atoms with Crippen molar-refractivity contribution in [2.45, 2.75) is 27.2 Å². The Hall–Kier alpha value is -4.37. The van der Waals surface area contributed by atoms with Crippen LogP contribution in [0, 0.1) is 12.8 Å². The van der Waals surface area contributed by atoms with Crippen LogP contribution in [0.1, 0.15) is 25.1 Å². The molecule has 5 aromatic heterocycles. The van der Waals surface area contributed by atoms with E-state index in [-0.39, 0.29) is 11.8 Å². The van der Waals surface area contributed by atoms with E-state index in [0.717, 1.165) is 49.3 Å². The van der Waals surface area contributed by atoms with Gasteiger partial charge < -0.3 is 10.3 Å². The molecule has 37 heavy (non-hydrogen) atoms. The number of carbonyl (C=O) groups is 1. The number of nitrogens with zero attached hydrogens (tertiary/aromatic N) is 4. The summed E-state index contributed by atoms with van der Waals surface area (Å²) < 4.78 is 0. The van der Waals surface area contributed by atoms with Crippen molar-refractivity contribution in [2.75, 3.05) is 5.32 Å². The summed E-state index contributed by atoms with van der Waals surface area (Å²) >= 11 is 1.74. The normalized spacial score (nSPS) is 11.6. The Morgan fingerprint density at radius 3 is 2.78 bits per heavy atom. The summed E-state index contributed by atoms with van der Waals surface area (Å²) in [5.74, 6) is 0.925. The molecule has 1 aromatic carbocycles. The van der Waals surface area contributed by atoms with Crippen LogP contribution >= 0.6 is 11.3 Å². The lowest BCUT2D eigenvalue weighted by Gasteiger charge is -2.09. The van der Waals surface area contributed by atoms with Crippen molar-refractivity contribution in [3.63, 3.8) is 0 Å². The average molecular weight is 508 g/mol. The van der Waals surface area contributed by atoms with Gasteiger partial charge in [0.25, 0.3) is 0 Å². The summed E-state index contributed by atoms with van der Waals surface area (Å²) in [7, 11) is 0. The fourth-order valence-corrected chi connectivity index (χ4v) is 5.32. The summed E-state index contributed by atoms with van der Waals surface area (Å²) in [5.41, 5.74) is 6.75. The highest BCUT2D eigenvalue weighted by molar-refractivity contribution is 7.15. The smallest absolute Gasteiger partial charge is 0.224 e. The van der Waals surface area contributed by atoms with Crippen molar-refractivity contribution in [1.82, 2.24) is 30.1 Å². The minimum atomic E-state index is -0.0166. The van der Waals surface area contributed by atoms with Gasteiger partial charge in [0.05, 0.1) is 17.4 Å². The molecule has 184 valence electrons. The Morgan fingerprint density at radius 2 is 1.97 bits per heavy atom. The van der Waals surface area contributed by atoms with Crippen molar-refractivity contribution < 1.29 is 4.79 Å². The monoisotopic (exact) mass is 507 g/mol. The fourth-order valence-electron chi connectivity index (χ4n) is 4.42. The Labute approximate surface area is 217 Å². The van der Waals surface area contributed by atoms with E-state index in [0.29, 0.717) is 17.9 Å². The predicted octanol–water partition coefficient (Wildman–Crippen LogP) is 6.58. The number of carbonyl (C=O) groups excluding carboxylic acids is 1. The number of fused-ring (bicyclic) bond motifs is 2. The molecule has 0 aliphatic heterocycles. The van der Waals surface area contributed by atoms with Gasteiger partial charge in [-0.2, -0.15) is 5.10 Å². The number of anilines is 1. The molecule has 3 N–H and O–H groups in total. The maximum Gasteiger partial charge on any atom is 0.224 e. The molecule has 6 aromatic rings. The van der Waals surface area contributed by atoms with Gasteiger partial charge in [-0.05, 0) is 54.8 Å². The Kier molecular flexibility index (Phi) is 5.77. The van der Waals surface area contributed by atoms with Gasteiger partial charge in [0.15, 0.2) is 11.5 Å². The number of hydrogen-bond acceptors (Lipinski definition) is 6. The SMILES string of the molecule is Cc1ccc(-c2ccnc3[nH]c(-c4n[nH]c5ccc(-c6cncc(NC(=O)CC(C)C)c6)cc45)nc23)s1. The van der Waals surface area contributed by atoms with E-state index in [4.69, 9.17) is 4.98 Å². The molecule has 0 saturated heterocycles. The molecule has 0 unspecified atom stereocenters. The van der Waals surface area contributed by atoms with E-state index >= 15 is 0 Å². The number of aromatic amines is 2. The Balaban J connectivity index is 1.38. The van der Waals surface area contributed by atoms with Gasteiger partial charge in [0.1, 0.15) is 11.2 Å². The highest BCUT2D eigenvalue weighted by Crippen LogP contribution is 2.35. The maximum absolute atomic E-state index is 12.2. The number of benzene rings is 1. The van der Waals surface area contributed by atoms with Crippen LogP contribution in [0.3, 0.4) is 0 Å². The zero-order valence-corrected chi connectivity index (χ0v) is 21.5. The summed E-state index contributed by atoms with van der Waals surface area (Å²) in [4.78, 5) is 31.8. The van der Waals surface area contributed by atoms with Crippen molar-refractivity contribution in [3.05, 3.63) is 65.9 Å². The molecule has 6 rings (SSSR count). The van der Waals surface area contributed by atoms with Crippen LogP contribution in [0.15, 0.2) is 61.1 Å². The highest BCUT2D eigenvalue weighted by Gasteiger charge is 2.17. The number of aromatic nitrogens is 6. The Bertz CT molecular complexity index is 1760. The molecule has 0 bridgehead atoms. The number of thiophene rings is 1. The predicted molar refractivity (Wildman–Crippen MR) is 148 cm³/mol. The van der Waals surface area contributed by atoms with Gasteiger partial charge in [-0.25, -0.2) is 9.97 Å². The number of pyridine rings is 2. The molecule has 1 amide bonds. The largest absolute Gasteiger partial charge is 0.325 e. The fraction of sp³-hybridized carbons (Fsp3) is 0.179. The molecule has 9 heteroatoms. The van der Waals surface area contributed by atoms with E-state index in [1.807, 2.05) is 38.1 Å². The minimum Gasteiger partial charge on any atom is -0.325 e. The molecule has 0 aliphatic carbocycles. The molecule has 0 saturated carbocycles. The van der Waals surface area contributed by atoms with Crippen molar-refractivity contribution in [1.29, 1.82) is 0 Å². The van der Waals surface area contributed by atoms with Crippen molar-refractivity contribution in [2.24, 2.45) is 5.92 Å². The molecular formula is C28H25N7OS.